The van der Waals surface area contributed by atoms with Crippen molar-refractivity contribution in [1.82, 2.24) is 10.3 Å². The first kappa shape index (κ1) is 13.8. The van der Waals surface area contributed by atoms with Crippen molar-refractivity contribution in [2.45, 2.75) is 26.4 Å². The molecule has 0 spiro atoms. The molecule has 0 unspecified atom stereocenters. The molecule has 0 aromatic heterocycles. The molecular formula is C12H19ClN4. The van der Waals surface area contributed by atoms with E-state index in [1.807, 2.05) is 50.1 Å². The lowest BCUT2D eigenvalue weighted by molar-refractivity contribution is 0.474. The minimum absolute atomic E-state index is 0.190. The van der Waals surface area contributed by atoms with Crippen LogP contribution in [0.25, 0.3) is 0 Å². The minimum Gasteiger partial charge on any atom is -0.341 e. The summed E-state index contributed by atoms with van der Waals surface area (Å²) in [5.74, 6) is 6.11. The molecule has 0 bridgehead atoms. The molecule has 0 amide bonds. The molecular weight excluding hydrogens is 236 g/mol. The molecule has 0 heterocycles. The summed E-state index contributed by atoms with van der Waals surface area (Å²) in [4.78, 5) is 6.32. The minimum atomic E-state index is 0.190. The van der Waals surface area contributed by atoms with E-state index in [0.29, 0.717) is 12.5 Å². The summed E-state index contributed by atoms with van der Waals surface area (Å²) in [5, 5.41) is 0.750. The summed E-state index contributed by atoms with van der Waals surface area (Å²) in [6, 6.07) is 7.93. The molecule has 5 heteroatoms. The van der Waals surface area contributed by atoms with E-state index in [9.17, 15) is 0 Å². The number of nitrogens with one attached hydrogen (secondary N) is 1. The largest absolute Gasteiger partial charge is 0.341 e. The van der Waals surface area contributed by atoms with E-state index in [1.165, 1.54) is 0 Å². The number of hydrazine groups is 1. The number of guanidine groups is 1. The van der Waals surface area contributed by atoms with Crippen LogP contribution in [0.15, 0.2) is 29.3 Å². The van der Waals surface area contributed by atoms with Crippen molar-refractivity contribution in [2.24, 2.45) is 10.8 Å². The van der Waals surface area contributed by atoms with E-state index in [2.05, 4.69) is 10.4 Å². The Morgan fingerprint density at radius 2 is 2.12 bits per heavy atom. The lowest BCUT2D eigenvalue weighted by Crippen LogP contribution is -2.43. The van der Waals surface area contributed by atoms with Crippen LogP contribution in [-0.4, -0.2) is 23.9 Å². The number of hydrogen-bond acceptors (Lipinski definition) is 2. The van der Waals surface area contributed by atoms with Gasteiger partial charge in [0.25, 0.3) is 0 Å². The van der Waals surface area contributed by atoms with Gasteiger partial charge in [0, 0.05) is 24.7 Å². The van der Waals surface area contributed by atoms with E-state index in [0.717, 1.165) is 10.6 Å². The highest BCUT2D eigenvalue weighted by molar-refractivity contribution is 6.31. The first-order valence-corrected chi connectivity index (χ1v) is 5.91. The zero-order valence-corrected chi connectivity index (χ0v) is 11.2. The van der Waals surface area contributed by atoms with Gasteiger partial charge in [0.15, 0.2) is 0 Å². The molecule has 0 saturated carbocycles. The zero-order chi connectivity index (χ0) is 12.8. The number of rotatable bonds is 3. The fourth-order valence-electron chi connectivity index (χ4n) is 1.45. The second-order valence-corrected chi connectivity index (χ2v) is 4.55. The van der Waals surface area contributed by atoms with Crippen LogP contribution in [0.5, 0.6) is 0 Å². The van der Waals surface area contributed by atoms with Crippen molar-refractivity contribution < 1.29 is 0 Å². The maximum atomic E-state index is 6.10. The normalized spacial score (nSPS) is 11.8. The Balaban J connectivity index is 2.78. The summed E-state index contributed by atoms with van der Waals surface area (Å²) >= 11 is 6.10. The number of nitrogens with zero attached hydrogens (tertiary/aromatic N) is 2. The van der Waals surface area contributed by atoms with Gasteiger partial charge in [0.05, 0.1) is 0 Å². The van der Waals surface area contributed by atoms with Gasteiger partial charge in [-0.25, -0.2) is 10.8 Å². The fraction of sp³-hybridized carbons (Fsp3) is 0.417. The third-order valence-electron chi connectivity index (χ3n) is 2.24. The Bertz CT molecular complexity index is 390. The summed E-state index contributed by atoms with van der Waals surface area (Å²) in [7, 11) is 1.92. The highest BCUT2D eigenvalue weighted by Crippen LogP contribution is 2.16. The van der Waals surface area contributed by atoms with Crippen molar-refractivity contribution in [1.29, 1.82) is 0 Å². The average Bonchev–Trinajstić information content (AvgIpc) is 2.28. The van der Waals surface area contributed by atoms with Gasteiger partial charge < -0.3 is 4.90 Å². The van der Waals surface area contributed by atoms with Gasteiger partial charge in [0.2, 0.25) is 5.96 Å². The summed E-state index contributed by atoms with van der Waals surface area (Å²) < 4.78 is 0. The molecule has 4 nitrogen and oxygen atoms in total. The zero-order valence-electron chi connectivity index (χ0n) is 10.4. The lowest BCUT2D eigenvalue weighted by atomic mass is 10.2. The highest BCUT2D eigenvalue weighted by atomic mass is 35.5. The molecule has 1 aromatic carbocycles. The summed E-state index contributed by atoms with van der Waals surface area (Å²) in [6.45, 7) is 4.66. The number of aliphatic imine (C=N–C) groups is 1. The summed E-state index contributed by atoms with van der Waals surface area (Å²) in [5.41, 5.74) is 3.65. The monoisotopic (exact) mass is 254 g/mol. The van der Waals surface area contributed by atoms with Crippen LogP contribution in [0.4, 0.5) is 0 Å². The first-order chi connectivity index (χ1) is 8.04. The van der Waals surface area contributed by atoms with Gasteiger partial charge in [-0.2, -0.15) is 0 Å². The predicted molar refractivity (Wildman–Crippen MR) is 72.8 cm³/mol. The number of nitrogens with two attached hydrogens (primary N) is 1. The Hall–Kier alpha value is -1.26. The standard InChI is InChI=1S/C12H19ClN4/c1-9(2)15-12(16-14)17(3)8-10-6-4-5-7-11(10)13/h4-7,9H,8,14H2,1-3H3,(H,15,16). The van der Waals surface area contributed by atoms with Crippen LogP contribution in [-0.2, 0) is 6.54 Å². The van der Waals surface area contributed by atoms with E-state index >= 15 is 0 Å². The summed E-state index contributed by atoms with van der Waals surface area (Å²) in [6.07, 6.45) is 0. The first-order valence-electron chi connectivity index (χ1n) is 5.53. The molecule has 94 valence electrons. The van der Waals surface area contributed by atoms with E-state index < -0.39 is 0 Å². The van der Waals surface area contributed by atoms with Gasteiger partial charge in [0.1, 0.15) is 0 Å². The molecule has 1 rings (SSSR count). The van der Waals surface area contributed by atoms with Gasteiger partial charge in [-0.05, 0) is 25.5 Å². The van der Waals surface area contributed by atoms with Crippen LogP contribution in [0.3, 0.4) is 0 Å². The smallest absolute Gasteiger partial charge is 0.208 e. The van der Waals surface area contributed by atoms with Crippen molar-refractivity contribution in [3.8, 4) is 0 Å². The molecule has 0 aliphatic heterocycles. The Kier molecular flexibility index (Phi) is 5.25. The van der Waals surface area contributed by atoms with Gasteiger partial charge in [-0.15, -0.1) is 0 Å². The van der Waals surface area contributed by atoms with Crippen molar-refractivity contribution >= 4 is 17.6 Å². The third-order valence-corrected chi connectivity index (χ3v) is 2.61. The van der Waals surface area contributed by atoms with Crippen molar-refractivity contribution in [3.63, 3.8) is 0 Å². The van der Waals surface area contributed by atoms with Crippen molar-refractivity contribution in [3.05, 3.63) is 34.9 Å². The topological polar surface area (TPSA) is 53.6 Å². The van der Waals surface area contributed by atoms with E-state index in [1.54, 1.807) is 0 Å². The molecule has 3 N–H and O–H groups in total. The number of halogens is 1. The molecule has 0 saturated heterocycles. The van der Waals surface area contributed by atoms with Gasteiger partial charge >= 0.3 is 0 Å². The molecule has 0 atom stereocenters. The van der Waals surface area contributed by atoms with E-state index in [4.69, 9.17) is 17.4 Å². The van der Waals surface area contributed by atoms with Crippen LogP contribution in [0.1, 0.15) is 19.4 Å². The third kappa shape index (κ3) is 4.24. The lowest BCUT2D eigenvalue weighted by Gasteiger charge is -2.21. The van der Waals surface area contributed by atoms with Crippen LogP contribution < -0.4 is 11.3 Å². The molecule has 17 heavy (non-hydrogen) atoms. The molecule has 0 aliphatic carbocycles. The average molecular weight is 255 g/mol. The Morgan fingerprint density at radius 3 is 2.65 bits per heavy atom. The second kappa shape index (κ2) is 6.47. The maximum Gasteiger partial charge on any atom is 0.208 e. The fourth-order valence-corrected chi connectivity index (χ4v) is 1.64. The van der Waals surface area contributed by atoms with Crippen LogP contribution >= 0.6 is 11.6 Å². The van der Waals surface area contributed by atoms with Crippen molar-refractivity contribution in [2.75, 3.05) is 7.05 Å². The SMILES string of the molecule is CC(C)N=C(NN)N(C)Cc1ccccc1Cl. The quantitative estimate of drug-likeness (QED) is 0.376. The predicted octanol–water partition coefficient (Wildman–Crippen LogP) is 2.00. The van der Waals surface area contributed by atoms with Crippen LogP contribution in [0, 0.1) is 0 Å². The van der Waals surface area contributed by atoms with Gasteiger partial charge in [-0.3, -0.25) is 5.43 Å². The van der Waals surface area contributed by atoms with Crippen LogP contribution in [0.2, 0.25) is 5.02 Å². The molecule has 0 aliphatic rings. The molecule has 1 aromatic rings. The molecule has 0 radical (unpaired) electrons. The second-order valence-electron chi connectivity index (χ2n) is 4.14. The molecule has 0 fully saturated rings. The highest BCUT2D eigenvalue weighted by Gasteiger charge is 2.08. The number of benzene rings is 1. The Labute approximate surface area is 107 Å². The van der Waals surface area contributed by atoms with E-state index in [-0.39, 0.29) is 6.04 Å². The Morgan fingerprint density at radius 1 is 1.47 bits per heavy atom. The number of hydrogen-bond donors (Lipinski definition) is 2. The maximum absolute atomic E-state index is 6.10. The van der Waals surface area contributed by atoms with Gasteiger partial charge in [-0.1, -0.05) is 29.8 Å².